The topological polar surface area (TPSA) is 21.3 Å². The van der Waals surface area contributed by atoms with Gasteiger partial charge in [0.2, 0.25) is 0 Å². The van der Waals surface area contributed by atoms with Gasteiger partial charge >= 0.3 is 0 Å². The van der Waals surface area contributed by atoms with Crippen molar-refractivity contribution < 1.29 is 4.74 Å². The van der Waals surface area contributed by atoms with Gasteiger partial charge in [0.1, 0.15) is 12.4 Å². The quantitative estimate of drug-likeness (QED) is 0.583. The van der Waals surface area contributed by atoms with E-state index in [1.165, 1.54) is 36.1 Å². The van der Waals surface area contributed by atoms with E-state index >= 15 is 0 Å². The summed E-state index contributed by atoms with van der Waals surface area (Å²) in [5.74, 6) is 0.940. The molecule has 0 spiro atoms. The maximum atomic E-state index is 5.77. The average molecular weight is 340 g/mol. The van der Waals surface area contributed by atoms with Gasteiger partial charge in [-0.25, -0.2) is 0 Å². The van der Waals surface area contributed by atoms with Gasteiger partial charge in [0.15, 0.2) is 0 Å². The van der Waals surface area contributed by atoms with Gasteiger partial charge in [-0.3, -0.25) is 0 Å². The second kappa shape index (κ2) is 11.5. The van der Waals surface area contributed by atoms with Crippen LogP contribution in [0.15, 0.2) is 41.8 Å². The van der Waals surface area contributed by atoms with Gasteiger partial charge in [0, 0.05) is 11.4 Å². The lowest BCUT2D eigenvalue weighted by Gasteiger charge is -2.07. The maximum Gasteiger partial charge on any atom is 0.122 e. The molecule has 0 amide bonds. The molecule has 0 bridgehead atoms. The van der Waals surface area contributed by atoms with Gasteiger partial charge in [0.25, 0.3) is 0 Å². The molecule has 1 N–H and O–H groups in total. The Morgan fingerprint density at radius 2 is 1.86 bits per heavy atom. The molecule has 22 heavy (non-hydrogen) atoms. The van der Waals surface area contributed by atoms with Gasteiger partial charge < -0.3 is 10.1 Å². The number of hydrogen-bond acceptors (Lipinski definition) is 3. The molecule has 2 aromatic rings. The van der Waals surface area contributed by atoms with E-state index < -0.39 is 0 Å². The van der Waals surface area contributed by atoms with Crippen LogP contribution in [-0.2, 0) is 13.2 Å². The van der Waals surface area contributed by atoms with Crippen LogP contribution in [0.5, 0.6) is 5.75 Å². The van der Waals surface area contributed by atoms with Crippen molar-refractivity contribution in [3.8, 4) is 5.75 Å². The normalized spacial score (nSPS) is 10.2. The zero-order valence-electron chi connectivity index (χ0n) is 13.2. The molecule has 122 valence electrons. The molecule has 0 radical (unpaired) electrons. The van der Waals surface area contributed by atoms with E-state index in [0.29, 0.717) is 6.61 Å². The van der Waals surface area contributed by atoms with Crippen LogP contribution >= 0.6 is 23.7 Å². The molecular formula is C18H26ClNOS. The van der Waals surface area contributed by atoms with Gasteiger partial charge in [-0.1, -0.05) is 44.4 Å². The van der Waals surface area contributed by atoms with E-state index in [0.717, 1.165) is 18.8 Å². The second-order valence-electron chi connectivity index (χ2n) is 5.25. The third-order valence-electron chi connectivity index (χ3n) is 3.42. The number of halogens is 1. The highest BCUT2D eigenvalue weighted by Crippen LogP contribution is 2.16. The first kappa shape index (κ1) is 19.0. The standard InChI is InChI=1S/C18H25NOS.ClH/c1-2-3-4-5-12-19-14-16-8-10-17(11-9-16)20-15-18-7-6-13-21-18;/h6-11,13,19H,2-5,12,14-15H2,1H3;1H. The molecule has 0 unspecified atom stereocenters. The number of nitrogens with one attached hydrogen (secondary N) is 1. The Kier molecular flexibility index (Phi) is 9.96. The van der Waals surface area contributed by atoms with Crippen molar-refractivity contribution in [2.24, 2.45) is 0 Å². The fourth-order valence-electron chi connectivity index (χ4n) is 2.16. The Labute approximate surface area is 144 Å². The molecule has 1 aromatic carbocycles. The molecule has 2 nitrogen and oxygen atoms in total. The molecule has 0 atom stereocenters. The monoisotopic (exact) mass is 339 g/mol. The summed E-state index contributed by atoms with van der Waals surface area (Å²) in [5, 5.41) is 5.57. The van der Waals surface area contributed by atoms with Crippen molar-refractivity contribution in [3.63, 3.8) is 0 Å². The van der Waals surface area contributed by atoms with Crippen LogP contribution in [0.1, 0.15) is 43.0 Å². The minimum atomic E-state index is 0. The number of thiophene rings is 1. The summed E-state index contributed by atoms with van der Waals surface area (Å²) in [6, 6.07) is 12.6. The summed E-state index contributed by atoms with van der Waals surface area (Å²) in [6.45, 7) is 4.95. The van der Waals surface area contributed by atoms with Crippen molar-refractivity contribution in [1.29, 1.82) is 0 Å². The summed E-state index contributed by atoms with van der Waals surface area (Å²) in [5.41, 5.74) is 1.31. The minimum Gasteiger partial charge on any atom is -0.488 e. The van der Waals surface area contributed by atoms with Crippen molar-refractivity contribution in [3.05, 3.63) is 52.2 Å². The van der Waals surface area contributed by atoms with E-state index in [1.54, 1.807) is 11.3 Å². The summed E-state index contributed by atoms with van der Waals surface area (Å²) < 4.78 is 5.77. The van der Waals surface area contributed by atoms with Crippen molar-refractivity contribution in [1.82, 2.24) is 5.32 Å². The van der Waals surface area contributed by atoms with Gasteiger partial charge in [-0.15, -0.1) is 23.7 Å². The van der Waals surface area contributed by atoms with Gasteiger partial charge in [0.05, 0.1) is 0 Å². The first-order valence-electron chi connectivity index (χ1n) is 7.83. The first-order valence-corrected chi connectivity index (χ1v) is 8.71. The average Bonchev–Trinajstić information content (AvgIpc) is 3.03. The summed E-state index contributed by atoms with van der Waals surface area (Å²) in [7, 11) is 0. The first-order chi connectivity index (χ1) is 10.4. The van der Waals surface area contributed by atoms with Crippen LogP contribution in [0.3, 0.4) is 0 Å². The number of benzene rings is 1. The van der Waals surface area contributed by atoms with E-state index in [-0.39, 0.29) is 12.4 Å². The highest BCUT2D eigenvalue weighted by Gasteiger charge is 1.98. The molecule has 0 aliphatic carbocycles. The second-order valence-corrected chi connectivity index (χ2v) is 6.28. The van der Waals surface area contributed by atoms with Crippen LogP contribution in [0.2, 0.25) is 0 Å². The Morgan fingerprint density at radius 3 is 2.55 bits per heavy atom. The highest BCUT2D eigenvalue weighted by atomic mass is 35.5. The molecule has 1 heterocycles. The minimum absolute atomic E-state index is 0. The van der Waals surface area contributed by atoms with Gasteiger partial charge in [-0.2, -0.15) is 0 Å². The largest absolute Gasteiger partial charge is 0.488 e. The molecule has 0 fully saturated rings. The lowest BCUT2D eigenvalue weighted by Crippen LogP contribution is -2.14. The molecular weight excluding hydrogens is 314 g/mol. The van der Waals surface area contributed by atoms with Crippen molar-refractivity contribution in [2.45, 2.75) is 45.8 Å². The van der Waals surface area contributed by atoms with Crippen LogP contribution in [-0.4, -0.2) is 6.54 Å². The van der Waals surface area contributed by atoms with Crippen molar-refractivity contribution >= 4 is 23.7 Å². The molecule has 2 rings (SSSR count). The molecule has 4 heteroatoms. The number of rotatable bonds is 10. The molecule has 0 aliphatic heterocycles. The van der Waals surface area contributed by atoms with E-state index in [1.807, 2.05) is 0 Å². The lowest BCUT2D eigenvalue weighted by atomic mass is 10.2. The van der Waals surface area contributed by atoms with Crippen LogP contribution in [0, 0.1) is 0 Å². The SMILES string of the molecule is CCCCCCNCc1ccc(OCc2cccs2)cc1.Cl. The van der Waals surface area contributed by atoms with Crippen LogP contribution < -0.4 is 10.1 Å². The fraction of sp³-hybridized carbons (Fsp3) is 0.444. The van der Waals surface area contributed by atoms with E-state index in [4.69, 9.17) is 4.74 Å². The van der Waals surface area contributed by atoms with Crippen LogP contribution in [0.4, 0.5) is 0 Å². The molecule has 0 aliphatic rings. The van der Waals surface area contributed by atoms with E-state index in [9.17, 15) is 0 Å². The number of ether oxygens (including phenoxy) is 1. The third kappa shape index (κ3) is 7.30. The fourth-order valence-corrected chi connectivity index (χ4v) is 2.78. The smallest absolute Gasteiger partial charge is 0.122 e. The van der Waals surface area contributed by atoms with Crippen LogP contribution in [0.25, 0.3) is 0 Å². The Morgan fingerprint density at radius 1 is 1.05 bits per heavy atom. The maximum absolute atomic E-state index is 5.77. The number of hydrogen-bond donors (Lipinski definition) is 1. The van der Waals surface area contributed by atoms with Gasteiger partial charge in [-0.05, 0) is 42.1 Å². The summed E-state index contributed by atoms with van der Waals surface area (Å²) in [6.07, 6.45) is 5.25. The molecule has 0 saturated heterocycles. The molecule has 0 saturated carbocycles. The predicted octanol–water partition coefficient (Wildman–Crippen LogP) is 5.42. The lowest BCUT2D eigenvalue weighted by molar-refractivity contribution is 0.309. The number of unbranched alkanes of at least 4 members (excludes halogenated alkanes) is 3. The predicted molar refractivity (Wildman–Crippen MR) is 98.2 cm³/mol. The Hall–Kier alpha value is -1.03. The Balaban J connectivity index is 0.00000242. The summed E-state index contributed by atoms with van der Waals surface area (Å²) in [4.78, 5) is 1.26. The van der Waals surface area contributed by atoms with E-state index in [2.05, 4.69) is 54.0 Å². The van der Waals surface area contributed by atoms with Crippen molar-refractivity contribution in [2.75, 3.05) is 6.54 Å². The molecule has 1 aromatic heterocycles. The highest BCUT2D eigenvalue weighted by molar-refractivity contribution is 7.09. The zero-order chi connectivity index (χ0) is 14.8. The summed E-state index contributed by atoms with van der Waals surface area (Å²) >= 11 is 1.73. The third-order valence-corrected chi connectivity index (χ3v) is 4.27. The zero-order valence-corrected chi connectivity index (χ0v) is 14.8. The Bertz CT molecular complexity index is 484.